The molecular formula is C14H18ClFN2O3S. The van der Waals surface area contributed by atoms with Crippen LogP contribution in [0.1, 0.15) is 27.2 Å². The van der Waals surface area contributed by atoms with Crippen LogP contribution in [0.15, 0.2) is 23.1 Å². The third-order valence-electron chi connectivity index (χ3n) is 3.44. The van der Waals surface area contributed by atoms with Crippen molar-refractivity contribution in [3.8, 4) is 0 Å². The van der Waals surface area contributed by atoms with Gasteiger partial charge in [-0.25, -0.2) is 17.5 Å². The van der Waals surface area contributed by atoms with Crippen molar-refractivity contribution >= 4 is 27.5 Å². The molecule has 0 bridgehead atoms. The molecule has 1 aromatic rings. The van der Waals surface area contributed by atoms with Crippen molar-refractivity contribution in [1.82, 2.24) is 9.62 Å². The molecule has 0 saturated carbocycles. The minimum atomic E-state index is -3.99. The average molecular weight is 349 g/mol. The molecule has 0 aromatic heterocycles. The number of amides is 1. The molecule has 8 heteroatoms. The lowest BCUT2D eigenvalue weighted by Gasteiger charge is -2.32. The highest BCUT2D eigenvalue weighted by Gasteiger charge is 2.38. The predicted molar refractivity (Wildman–Crippen MR) is 81.6 cm³/mol. The van der Waals surface area contributed by atoms with E-state index in [-0.39, 0.29) is 34.3 Å². The first kappa shape index (κ1) is 17.2. The van der Waals surface area contributed by atoms with Gasteiger partial charge in [0.25, 0.3) is 0 Å². The molecule has 1 N–H and O–H groups in total. The summed E-state index contributed by atoms with van der Waals surface area (Å²) in [7, 11) is -3.99. The Bertz CT molecular complexity index is 701. The van der Waals surface area contributed by atoms with Gasteiger partial charge in [-0.15, -0.1) is 0 Å². The quantitative estimate of drug-likeness (QED) is 0.910. The van der Waals surface area contributed by atoms with Crippen molar-refractivity contribution in [3.63, 3.8) is 0 Å². The highest BCUT2D eigenvalue weighted by atomic mass is 35.5. The van der Waals surface area contributed by atoms with Crippen LogP contribution in [0.4, 0.5) is 4.39 Å². The lowest BCUT2D eigenvalue weighted by molar-refractivity contribution is -0.131. The summed E-state index contributed by atoms with van der Waals surface area (Å²) in [5.74, 6) is -0.811. The number of nitrogens with zero attached hydrogens (tertiary/aromatic N) is 1. The molecule has 1 atom stereocenters. The molecule has 1 saturated heterocycles. The van der Waals surface area contributed by atoms with Gasteiger partial charge in [-0.3, -0.25) is 4.79 Å². The van der Waals surface area contributed by atoms with Gasteiger partial charge in [-0.2, -0.15) is 0 Å². The number of hydrogen-bond donors (Lipinski definition) is 1. The molecule has 0 radical (unpaired) electrons. The zero-order valence-electron chi connectivity index (χ0n) is 12.6. The SMILES string of the molecule is CC(C)(C)N1CC(NS(=O)(=O)c2cc(F)ccc2Cl)CC1=O. The molecule has 1 amide bonds. The Morgan fingerprint density at radius 2 is 2.00 bits per heavy atom. The van der Waals surface area contributed by atoms with Gasteiger partial charge in [-0.1, -0.05) is 11.6 Å². The maximum absolute atomic E-state index is 13.3. The molecule has 1 unspecified atom stereocenters. The van der Waals surface area contributed by atoms with Gasteiger partial charge in [0.05, 0.1) is 5.02 Å². The van der Waals surface area contributed by atoms with Crippen molar-refractivity contribution in [1.29, 1.82) is 0 Å². The predicted octanol–water partition coefficient (Wildman–Crippen LogP) is 2.16. The molecule has 1 fully saturated rings. The zero-order valence-corrected chi connectivity index (χ0v) is 14.1. The first-order valence-electron chi connectivity index (χ1n) is 6.78. The maximum Gasteiger partial charge on any atom is 0.242 e. The number of carbonyl (C=O) groups is 1. The smallest absolute Gasteiger partial charge is 0.242 e. The number of halogens is 2. The molecule has 1 heterocycles. The standard InChI is InChI=1S/C14H18ClFN2O3S/c1-14(2,3)18-8-10(7-13(18)19)17-22(20,21)12-6-9(16)4-5-11(12)15/h4-6,10,17H,7-8H2,1-3H3. The third-order valence-corrected chi connectivity index (χ3v) is 5.44. The second-order valence-electron chi connectivity index (χ2n) is 6.27. The van der Waals surface area contributed by atoms with Crippen LogP contribution in [-0.2, 0) is 14.8 Å². The van der Waals surface area contributed by atoms with E-state index in [0.29, 0.717) is 0 Å². The summed E-state index contributed by atoms with van der Waals surface area (Å²) < 4.78 is 40.4. The van der Waals surface area contributed by atoms with Gasteiger partial charge in [0, 0.05) is 24.5 Å². The lowest BCUT2D eigenvalue weighted by Crippen LogP contribution is -2.44. The normalized spacial score (nSPS) is 19.8. The molecular weight excluding hydrogens is 331 g/mol. The van der Waals surface area contributed by atoms with E-state index >= 15 is 0 Å². The van der Waals surface area contributed by atoms with Crippen LogP contribution in [0.3, 0.4) is 0 Å². The molecule has 0 aliphatic carbocycles. The molecule has 22 heavy (non-hydrogen) atoms. The maximum atomic E-state index is 13.3. The number of carbonyl (C=O) groups excluding carboxylic acids is 1. The third kappa shape index (κ3) is 3.59. The first-order chi connectivity index (χ1) is 10.0. The van der Waals surface area contributed by atoms with Gasteiger partial charge in [-0.05, 0) is 39.0 Å². The monoisotopic (exact) mass is 348 g/mol. The molecule has 1 aromatic carbocycles. The Morgan fingerprint density at radius 3 is 2.55 bits per heavy atom. The number of hydrogen-bond acceptors (Lipinski definition) is 3. The van der Waals surface area contributed by atoms with Crippen LogP contribution in [0.25, 0.3) is 0 Å². The molecule has 1 aliphatic rings. The highest BCUT2D eigenvalue weighted by Crippen LogP contribution is 2.25. The Hall–Kier alpha value is -1.18. The van der Waals surface area contributed by atoms with E-state index in [1.165, 1.54) is 6.07 Å². The van der Waals surface area contributed by atoms with Gasteiger partial charge in [0.2, 0.25) is 15.9 Å². The Balaban J connectivity index is 2.20. The summed E-state index contributed by atoms with van der Waals surface area (Å²) in [6.07, 6.45) is 0.0729. The van der Waals surface area contributed by atoms with Crippen molar-refractivity contribution in [2.75, 3.05) is 6.54 Å². The minimum absolute atomic E-state index is 0.0640. The second-order valence-corrected chi connectivity index (χ2v) is 8.36. The highest BCUT2D eigenvalue weighted by molar-refractivity contribution is 7.89. The Labute approximate surface area is 134 Å². The van der Waals surface area contributed by atoms with Gasteiger partial charge >= 0.3 is 0 Å². The average Bonchev–Trinajstić information content (AvgIpc) is 2.72. The second kappa shape index (κ2) is 5.79. The number of benzene rings is 1. The van der Waals surface area contributed by atoms with E-state index in [4.69, 9.17) is 11.6 Å². The van der Waals surface area contributed by atoms with E-state index in [2.05, 4.69) is 4.72 Å². The number of nitrogens with one attached hydrogen (secondary N) is 1. The van der Waals surface area contributed by atoms with Crippen molar-refractivity contribution in [3.05, 3.63) is 29.0 Å². The van der Waals surface area contributed by atoms with E-state index in [1.54, 1.807) is 4.90 Å². The number of likely N-dealkylation sites (tertiary alicyclic amines) is 1. The fourth-order valence-corrected chi connectivity index (χ4v) is 4.14. The fourth-order valence-electron chi connectivity index (χ4n) is 2.40. The Morgan fingerprint density at radius 1 is 1.36 bits per heavy atom. The molecule has 2 rings (SSSR count). The number of sulfonamides is 1. The summed E-state index contributed by atoms with van der Waals surface area (Å²) in [4.78, 5) is 13.3. The summed E-state index contributed by atoms with van der Waals surface area (Å²) in [5, 5.41) is -0.0640. The van der Waals surface area contributed by atoms with E-state index in [0.717, 1.165) is 12.1 Å². The molecule has 1 aliphatic heterocycles. The van der Waals surface area contributed by atoms with E-state index < -0.39 is 21.9 Å². The first-order valence-corrected chi connectivity index (χ1v) is 8.64. The van der Waals surface area contributed by atoms with Gasteiger partial charge in [0.1, 0.15) is 10.7 Å². The molecule has 0 spiro atoms. The summed E-state index contributed by atoms with van der Waals surface area (Å²) in [6, 6.07) is 2.58. The van der Waals surface area contributed by atoms with Gasteiger partial charge in [0.15, 0.2) is 0 Å². The van der Waals surface area contributed by atoms with Crippen LogP contribution in [0.2, 0.25) is 5.02 Å². The van der Waals surface area contributed by atoms with Crippen LogP contribution < -0.4 is 4.72 Å². The van der Waals surface area contributed by atoms with Crippen LogP contribution >= 0.6 is 11.6 Å². The Kier molecular flexibility index (Phi) is 4.52. The van der Waals surface area contributed by atoms with Crippen LogP contribution in [0.5, 0.6) is 0 Å². The minimum Gasteiger partial charge on any atom is -0.336 e. The lowest BCUT2D eigenvalue weighted by atomic mass is 10.1. The van der Waals surface area contributed by atoms with Crippen molar-refractivity contribution < 1.29 is 17.6 Å². The van der Waals surface area contributed by atoms with Crippen molar-refractivity contribution in [2.45, 2.75) is 43.7 Å². The summed E-state index contributed by atoms with van der Waals surface area (Å²) in [6.45, 7) is 5.91. The number of rotatable bonds is 3. The van der Waals surface area contributed by atoms with Crippen LogP contribution in [-0.4, -0.2) is 37.4 Å². The van der Waals surface area contributed by atoms with Gasteiger partial charge < -0.3 is 4.90 Å². The molecule has 5 nitrogen and oxygen atoms in total. The fraction of sp³-hybridized carbons (Fsp3) is 0.500. The summed E-state index contributed by atoms with van der Waals surface area (Å²) in [5.41, 5.74) is -0.381. The molecule has 122 valence electrons. The van der Waals surface area contributed by atoms with Crippen molar-refractivity contribution in [2.24, 2.45) is 0 Å². The van der Waals surface area contributed by atoms with E-state index in [1.807, 2.05) is 20.8 Å². The zero-order chi connectivity index (χ0) is 16.7. The summed E-state index contributed by atoms with van der Waals surface area (Å²) >= 11 is 5.83. The van der Waals surface area contributed by atoms with Crippen LogP contribution in [0, 0.1) is 5.82 Å². The topological polar surface area (TPSA) is 66.5 Å². The largest absolute Gasteiger partial charge is 0.336 e. The van der Waals surface area contributed by atoms with E-state index in [9.17, 15) is 17.6 Å².